The van der Waals surface area contributed by atoms with Gasteiger partial charge in [-0.3, -0.25) is 4.79 Å². The zero-order chi connectivity index (χ0) is 18.1. The van der Waals surface area contributed by atoms with E-state index in [0.29, 0.717) is 12.0 Å². The average molecular weight is 352 g/mol. The van der Waals surface area contributed by atoms with Gasteiger partial charge < -0.3 is 14.5 Å². The summed E-state index contributed by atoms with van der Waals surface area (Å²) in [6, 6.07) is 12.6. The number of benzene rings is 2. The standard InChI is InChI=1S/C21H21FN2O2/c1-26-19-6-4-18(5-7-19)24-10-8-23(9-11-24)14-16-12-15-2-3-17(22)13-20(15)21(16)25/h2-7,13-14H,8-12H2,1H3/b16-14+. The van der Waals surface area contributed by atoms with Crippen LogP contribution < -0.4 is 9.64 Å². The van der Waals surface area contributed by atoms with Crippen molar-refractivity contribution in [3.63, 3.8) is 0 Å². The minimum absolute atomic E-state index is 0.0444. The Morgan fingerprint density at radius 3 is 2.46 bits per heavy atom. The van der Waals surface area contributed by atoms with Crippen molar-refractivity contribution in [1.82, 2.24) is 4.90 Å². The molecule has 5 heteroatoms. The van der Waals surface area contributed by atoms with Crippen LogP contribution in [0, 0.1) is 5.82 Å². The lowest BCUT2D eigenvalue weighted by molar-refractivity contribution is 0.103. The van der Waals surface area contributed by atoms with E-state index in [1.165, 1.54) is 17.8 Å². The molecule has 0 aromatic heterocycles. The molecule has 1 aliphatic heterocycles. The van der Waals surface area contributed by atoms with E-state index in [-0.39, 0.29) is 11.6 Å². The van der Waals surface area contributed by atoms with Crippen molar-refractivity contribution < 1.29 is 13.9 Å². The number of carbonyl (C=O) groups excluding carboxylic acids is 1. The van der Waals surface area contributed by atoms with Crippen LogP contribution in [0.4, 0.5) is 10.1 Å². The summed E-state index contributed by atoms with van der Waals surface area (Å²) in [5, 5.41) is 0. The Kier molecular flexibility index (Phi) is 4.37. The van der Waals surface area contributed by atoms with Crippen LogP contribution >= 0.6 is 0 Å². The zero-order valence-corrected chi connectivity index (χ0v) is 14.7. The number of nitrogens with zero attached hydrogens (tertiary/aromatic N) is 2. The van der Waals surface area contributed by atoms with Gasteiger partial charge in [0.05, 0.1) is 7.11 Å². The van der Waals surface area contributed by atoms with Gasteiger partial charge in [0.1, 0.15) is 11.6 Å². The molecule has 4 nitrogen and oxygen atoms in total. The number of methoxy groups -OCH3 is 1. The minimum Gasteiger partial charge on any atom is -0.497 e. The second-order valence-electron chi connectivity index (χ2n) is 6.68. The molecule has 4 rings (SSSR count). The number of ketones is 1. The molecule has 1 heterocycles. The van der Waals surface area contributed by atoms with Gasteiger partial charge in [0.15, 0.2) is 5.78 Å². The first-order valence-electron chi connectivity index (χ1n) is 8.81. The number of Topliss-reactive ketones (excluding diaryl/α,β-unsaturated/α-hetero) is 1. The Balaban J connectivity index is 1.41. The molecule has 0 bridgehead atoms. The van der Waals surface area contributed by atoms with E-state index in [1.807, 2.05) is 18.3 Å². The van der Waals surface area contributed by atoms with Crippen LogP contribution in [0.25, 0.3) is 0 Å². The van der Waals surface area contributed by atoms with Crippen LogP contribution in [0.3, 0.4) is 0 Å². The molecule has 1 aliphatic carbocycles. The van der Waals surface area contributed by atoms with Crippen LogP contribution in [0.5, 0.6) is 5.75 Å². The van der Waals surface area contributed by atoms with E-state index >= 15 is 0 Å². The summed E-state index contributed by atoms with van der Waals surface area (Å²) in [5.41, 5.74) is 3.36. The Morgan fingerprint density at radius 1 is 1.04 bits per heavy atom. The first kappa shape index (κ1) is 16.6. The fourth-order valence-electron chi connectivity index (χ4n) is 3.60. The normalized spacial score (nSPS) is 18.4. The SMILES string of the molecule is COc1ccc(N2CCN(/C=C3\Cc4ccc(F)cc4C3=O)CC2)cc1. The fourth-order valence-corrected chi connectivity index (χ4v) is 3.60. The fraction of sp³-hybridized carbons (Fsp3) is 0.286. The van der Waals surface area contributed by atoms with Crippen LogP contribution in [0.1, 0.15) is 15.9 Å². The number of anilines is 1. The van der Waals surface area contributed by atoms with E-state index in [4.69, 9.17) is 4.74 Å². The maximum Gasteiger partial charge on any atom is 0.191 e. The highest BCUT2D eigenvalue weighted by Gasteiger charge is 2.26. The number of carbonyl (C=O) groups is 1. The molecule has 0 atom stereocenters. The number of ether oxygens (including phenoxy) is 1. The molecule has 1 saturated heterocycles. The molecule has 1 fully saturated rings. The van der Waals surface area contributed by atoms with E-state index in [0.717, 1.165) is 43.1 Å². The van der Waals surface area contributed by atoms with Gasteiger partial charge in [-0.15, -0.1) is 0 Å². The van der Waals surface area contributed by atoms with Crippen molar-refractivity contribution in [2.24, 2.45) is 0 Å². The highest BCUT2D eigenvalue weighted by molar-refractivity contribution is 6.13. The van der Waals surface area contributed by atoms with Crippen molar-refractivity contribution in [3.05, 3.63) is 71.2 Å². The van der Waals surface area contributed by atoms with Crippen LogP contribution in [-0.2, 0) is 6.42 Å². The first-order chi connectivity index (χ1) is 12.6. The van der Waals surface area contributed by atoms with Gasteiger partial charge in [-0.05, 0) is 42.0 Å². The smallest absolute Gasteiger partial charge is 0.191 e. The van der Waals surface area contributed by atoms with Crippen LogP contribution in [-0.4, -0.2) is 44.0 Å². The van der Waals surface area contributed by atoms with E-state index in [1.54, 1.807) is 13.2 Å². The molecule has 0 spiro atoms. The lowest BCUT2D eigenvalue weighted by atomic mass is 10.1. The van der Waals surface area contributed by atoms with Crippen molar-refractivity contribution in [2.45, 2.75) is 6.42 Å². The van der Waals surface area contributed by atoms with Crippen LogP contribution in [0.2, 0.25) is 0 Å². The Hall–Kier alpha value is -2.82. The zero-order valence-electron chi connectivity index (χ0n) is 14.7. The van der Waals surface area contributed by atoms with Crippen LogP contribution in [0.15, 0.2) is 54.2 Å². The van der Waals surface area contributed by atoms with Gasteiger partial charge in [0, 0.05) is 55.6 Å². The third-order valence-corrected chi connectivity index (χ3v) is 5.08. The summed E-state index contributed by atoms with van der Waals surface area (Å²) in [6.45, 7) is 3.50. The number of fused-ring (bicyclic) bond motifs is 1. The maximum atomic E-state index is 13.4. The minimum atomic E-state index is -0.355. The van der Waals surface area contributed by atoms with Gasteiger partial charge >= 0.3 is 0 Å². The first-order valence-corrected chi connectivity index (χ1v) is 8.81. The molecular weight excluding hydrogens is 331 g/mol. The van der Waals surface area contributed by atoms with Gasteiger partial charge in [0.25, 0.3) is 0 Å². The quantitative estimate of drug-likeness (QED) is 0.794. The molecule has 0 saturated carbocycles. The van der Waals surface area contributed by atoms with E-state index in [2.05, 4.69) is 21.9 Å². The summed E-state index contributed by atoms with van der Waals surface area (Å²) in [4.78, 5) is 17.0. The van der Waals surface area contributed by atoms with Crippen molar-refractivity contribution in [3.8, 4) is 5.75 Å². The van der Waals surface area contributed by atoms with E-state index < -0.39 is 0 Å². The molecule has 26 heavy (non-hydrogen) atoms. The monoisotopic (exact) mass is 352 g/mol. The average Bonchev–Trinajstić information content (AvgIpc) is 2.98. The Labute approximate surface area is 152 Å². The predicted octanol–water partition coefficient (Wildman–Crippen LogP) is 3.28. The second kappa shape index (κ2) is 6.83. The predicted molar refractivity (Wildman–Crippen MR) is 99.3 cm³/mol. The summed E-state index contributed by atoms with van der Waals surface area (Å²) >= 11 is 0. The summed E-state index contributed by atoms with van der Waals surface area (Å²) in [7, 11) is 1.66. The molecule has 2 aromatic carbocycles. The Bertz CT molecular complexity index is 853. The molecule has 0 N–H and O–H groups in total. The number of hydrogen-bond acceptors (Lipinski definition) is 4. The third-order valence-electron chi connectivity index (χ3n) is 5.08. The molecule has 0 radical (unpaired) electrons. The van der Waals surface area contributed by atoms with E-state index in [9.17, 15) is 9.18 Å². The molecule has 134 valence electrons. The molecule has 2 aromatic rings. The Morgan fingerprint density at radius 2 is 1.77 bits per heavy atom. The number of allylic oxidation sites excluding steroid dienone is 1. The van der Waals surface area contributed by atoms with Gasteiger partial charge in [0.2, 0.25) is 0 Å². The lowest BCUT2D eigenvalue weighted by Crippen LogP contribution is -2.44. The van der Waals surface area contributed by atoms with Crippen molar-refractivity contribution >= 4 is 11.5 Å². The van der Waals surface area contributed by atoms with Gasteiger partial charge in [-0.25, -0.2) is 4.39 Å². The molecule has 0 unspecified atom stereocenters. The number of piperazine rings is 1. The summed E-state index contributed by atoms with van der Waals surface area (Å²) in [6.07, 6.45) is 2.55. The van der Waals surface area contributed by atoms with Crippen molar-refractivity contribution in [1.29, 1.82) is 0 Å². The molecule has 0 amide bonds. The largest absolute Gasteiger partial charge is 0.497 e. The topological polar surface area (TPSA) is 32.8 Å². The number of hydrogen-bond donors (Lipinski definition) is 0. The number of halogens is 1. The van der Waals surface area contributed by atoms with Crippen molar-refractivity contribution in [2.75, 3.05) is 38.2 Å². The summed E-state index contributed by atoms with van der Waals surface area (Å²) in [5.74, 6) is 0.455. The number of rotatable bonds is 3. The lowest BCUT2D eigenvalue weighted by Gasteiger charge is -2.35. The van der Waals surface area contributed by atoms with Gasteiger partial charge in [-0.2, -0.15) is 0 Å². The second-order valence-corrected chi connectivity index (χ2v) is 6.68. The highest BCUT2D eigenvalue weighted by Crippen LogP contribution is 2.28. The molecular formula is C21H21FN2O2. The third kappa shape index (κ3) is 3.17. The van der Waals surface area contributed by atoms with Gasteiger partial charge in [-0.1, -0.05) is 6.07 Å². The maximum absolute atomic E-state index is 13.4. The highest BCUT2D eigenvalue weighted by atomic mass is 19.1. The summed E-state index contributed by atoms with van der Waals surface area (Å²) < 4.78 is 18.6. The molecule has 2 aliphatic rings.